The zero-order chi connectivity index (χ0) is 13.0. The molecule has 0 aliphatic carbocycles. The first-order valence-corrected chi connectivity index (χ1v) is 4.65. The number of carboxylic acids is 1. The fourth-order valence-corrected chi connectivity index (χ4v) is 1.11. The molecule has 92 valence electrons. The summed E-state index contributed by atoms with van der Waals surface area (Å²) in [5.74, 6) is -2.50. The number of rotatable bonds is 5. The molecule has 0 aliphatic rings. The lowest BCUT2D eigenvalue weighted by Gasteiger charge is -2.10. The monoisotopic (exact) mass is 241 g/mol. The summed E-state index contributed by atoms with van der Waals surface area (Å²) >= 11 is 0. The standard InChI is InChI=1S/C9H11N3O5/c1-4-2-5(12-17-4)8(14)11-6(9(15)16)3-7(10)13/h2,6H,3H2,1H3,(H2,10,13)(H,11,14)(H,15,16)/t6-/m1/s1. The SMILES string of the molecule is Cc1cc(C(=O)N[C@H](CC(N)=O)C(=O)O)no1. The Bertz CT molecular complexity index is 453. The summed E-state index contributed by atoms with van der Waals surface area (Å²) in [4.78, 5) is 32.9. The summed E-state index contributed by atoms with van der Waals surface area (Å²) in [6.45, 7) is 1.59. The third kappa shape index (κ3) is 3.59. The summed E-state index contributed by atoms with van der Waals surface area (Å²) in [7, 11) is 0. The molecule has 0 aromatic carbocycles. The molecule has 8 heteroatoms. The largest absolute Gasteiger partial charge is 0.480 e. The van der Waals surface area contributed by atoms with Crippen molar-refractivity contribution in [2.45, 2.75) is 19.4 Å². The fraction of sp³-hybridized carbons (Fsp3) is 0.333. The van der Waals surface area contributed by atoms with Crippen LogP contribution in [0.3, 0.4) is 0 Å². The van der Waals surface area contributed by atoms with Crippen LogP contribution < -0.4 is 11.1 Å². The average Bonchev–Trinajstić information content (AvgIpc) is 2.63. The van der Waals surface area contributed by atoms with E-state index >= 15 is 0 Å². The molecule has 0 radical (unpaired) electrons. The van der Waals surface area contributed by atoms with E-state index in [2.05, 4.69) is 15.0 Å². The molecule has 1 rings (SSSR count). The molecular formula is C9H11N3O5. The smallest absolute Gasteiger partial charge is 0.326 e. The maximum Gasteiger partial charge on any atom is 0.326 e. The predicted octanol–water partition coefficient (Wildman–Crippen LogP) is -0.959. The van der Waals surface area contributed by atoms with Crippen LogP contribution in [-0.2, 0) is 9.59 Å². The van der Waals surface area contributed by atoms with Gasteiger partial charge < -0.3 is 20.7 Å². The molecule has 0 aliphatic heterocycles. The van der Waals surface area contributed by atoms with Crippen molar-refractivity contribution in [2.75, 3.05) is 0 Å². The molecule has 0 spiro atoms. The second kappa shape index (κ2) is 5.10. The molecule has 0 saturated heterocycles. The number of carboxylic acid groups (broad SMARTS) is 1. The van der Waals surface area contributed by atoms with Gasteiger partial charge in [0, 0.05) is 6.07 Å². The lowest BCUT2D eigenvalue weighted by atomic mass is 10.2. The third-order valence-corrected chi connectivity index (χ3v) is 1.87. The van der Waals surface area contributed by atoms with Crippen molar-refractivity contribution in [3.63, 3.8) is 0 Å². The molecule has 0 unspecified atom stereocenters. The minimum absolute atomic E-state index is 0.0572. The highest BCUT2D eigenvalue weighted by Gasteiger charge is 2.23. The molecular weight excluding hydrogens is 230 g/mol. The van der Waals surface area contributed by atoms with Gasteiger partial charge in [0.25, 0.3) is 5.91 Å². The van der Waals surface area contributed by atoms with E-state index in [1.807, 2.05) is 0 Å². The number of nitrogens with two attached hydrogens (primary N) is 1. The minimum atomic E-state index is -1.38. The number of nitrogens with zero attached hydrogens (tertiary/aromatic N) is 1. The molecule has 4 N–H and O–H groups in total. The molecule has 1 heterocycles. The van der Waals surface area contributed by atoms with Gasteiger partial charge in [-0.1, -0.05) is 5.16 Å². The Morgan fingerprint density at radius 3 is 2.65 bits per heavy atom. The Balaban J connectivity index is 2.70. The zero-order valence-corrected chi connectivity index (χ0v) is 8.97. The van der Waals surface area contributed by atoms with Crippen LogP contribution in [0.4, 0.5) is 0 Å². The lowest BCUT2D eigenvalue weighted by Crippen LogP contribution is -2.43. The van der Waals surface area contributed by atoms with E-state index in [0.717, 1.165) is 0 Å². The molecule has 2 amide bonds. The second-order valence-electron chi connectivity index (χ2n) is 3.36. The Morgan fingerprint density at radius 2 is 2.24 bits per heavy atom. The van der Waals surface area contributed by atoms with Gasteiger partial charge >= 0.3 is 5.97 Å². The Kier molecular flexibility index (Phi) is 3.81. The molecule has 1 aromatic heterocycles. The lowest BCUT2D eigenvalue weighted by molar-refractivity contribution is -0.140. The van der Waals surface area contributed by atoms with E-state index in [1.54, 1.807) is 6.92 Å². The molecule has 0 saturated carbocycles. The number of aromatic nitrogens is 1. The van der Waals surface area contributed by atoms with Gasteiger partial charge in [0.15, 0.2) is 5.69 Å². The maximum absolute atomic E-state index is 11.5. The number of aryl methyl sites for hydroxylation is 1. The molecule has 0 bridgehead atoms. The molecule has 1 aromatic rings. The zero-order valence-electron chi connectivity index (χ0n) is 8.97. The number of primary amides is 1. The van der Waals surface area contributed by atoms with E-state index in [1.165, 1.54) is 6.07 Å². The Hall–Kier alpha value is -2.38. The first-order chi connectivity index (χ1) is 7.90. The van der Waals surface area contributed by atoms with Gasteiger partial charge in [-0.05, 0) is 6.92 Å². The van der Waals surface area contributed by atoms with Gasteiger partial charge in [0.05, 0.1) is 6.42 Å². The normalized spacial score (nSPS) is 11.8. The highest BCUT2D eigenvalue weighted by Crippen LogP contribution is 2.02. The van der Waals surface area contributed by atoms with E-state index in [4.69, 9.17) is 10.8 Å². The van der Waals surface area contributed by atoms with Crippen LogP contribution in [-0.4, -0.2) is 34.1 Å². The number of nitrogens with one attached hydrogen (secondary N) is 1. The van der Waals surface area contributed by atoms with Crippen molar-refractivity contribution in [2.24, 2.45) is 5.73 Å². The van der Waals surface area contributed by atoms with Crippen LogP contribution in [0, 0.1) is 6.92 Å². The Labute approximate surface area is 95.8 Å². The Morgan fingerprint density at radius 1 is 1.59 bits per heavy atom. The van der Waals surface area contributed by atoms with Gasteiger partial charge in [-0.25, -0.2) is 4.79 Å². The second-order valence-corrected chi connectivity index (χ2v) is 3.36. The number of hydrogen-bond donors (Lipinski definition) is 3. The van der Waals surface area contributed by atoms with E-state index in [-0.39, 0.29) is 5.69 Å². The number of amides is 2. The van der Waals surface area contributed by atoms with Crippen LogP contribution in [0.25, 0.3) is 0 Å². The molecule has 0 fully saturated rings. The summed E-state index contributed by atoms with van der Waals surface area (Å²) in [5, 5.41) is 14.3. The van der Waals surface area contributed by atoms with E-state index in [0.29, 0.717) is 5.76 Å². The van der Waals surface area contributed by atoms with Gasteiger partial charge in [-0.3, -0.25) is 9.59 Å². The first-order valence-electron chi connectivity index (χ1n) is 4.65. The van der Waals surface area contributed by atoms with Crippen LogP contribution in [0.2, 0.25) is 0 Å². The van der Waals surface area contributed by atoms with Gasteiger partial charge in [0.1, 0.15) is 11.8 Å². The van der Waals surface area contributed by atoms with Crippen LogP contribution in [0.5, 0.6) is 0 Å². The predicted molar refractivity (Wildman–Crippen MR) is 53.9 cm³/mol. The van der Waals surface area contributed by atoms with Crippen LogP contribution >= 0.6 is 0 Å². The quantitative estimate of drug-likeness (QED) is 0.607. The summed E-state index contributed by atoms with van der Waals surface area (Å²) in [6.07, 6.45) is -0.488. The van der Waals surface area contributed by atoms with Crippen LogP contribution in [0.1, 0.15) is 22.7 Å². The van der Waals surface area contributed by atoms with Crippen molar-refractivity contribution in [1.82, 2.24) is 10.5 Å². The first kappa shape index (κ1) is 12.7. The van der Waals surface area contributed by atoms with Crippen molar-refractivity contribution >= 4 is 17.8 Å². The average molecular weight is 241 g/mol. The summed E-state index contributed by atoms with van der Waals surface area (Å²) in [6, 6.07) is -0.0320. The fourth-order valence-electron chi connectivity index (χ4n) is 1.11. The third-order valence-electron chi connectivity index (χ3n) is 1.87. The highest BCUT2D eigenvalue weighted by molar-refractivity contribution is 5.96. The number of carbonyl (C=O) groups excluding carboxylic acids is 2. The van der Waals surface area contributed by atoms with E-state index < -0.39 is 30.2 Å². The van der Waals surface area contributed by atoms with Crippen molar-refractivity contribution in [3.8, 4) is 0 Å². The highest BCUT2D eigenvalue weighted by atomic mass is 16.5. The number of aliphatic carboxylic acids is 1. The van der Waals surface area contributed by atoms with Crippen molar-refractivity contribution in [1.29, 1.82) is 0 Å². The van der Waals surface area contributed by atoms with Gasteiger partial charge in [0.2, 0.25) is 5.91 Å². The van der Waals surface area contributed by atoms with E-state index in [9.17, 15) is 14.4 Å². The molecule has 17 heavy (non-hydrogen) atoms. The molecule has 8 nitrogen and oxygen atoms in total. The maximum atomic E-state index is 11.5. The summed E-state index contributed by atoms with van der Waals surface area (Å²) < 4.78 is 4.66. The van der Waals surface area contributed by atoms with Crippen molar-refractivity contribution < 1.29 is 24.0 Å². The van der Waals surface area contributed by atoms with Gasteiger partial charge in [-0.2, -0.15) is 0 Å². The number of hydrogen-bond acceptors (Lipinski definition) is 5. The summed E-state index contributed by atoms with van der Waals surface area (Å²) in [5.41, 5.74) is 4.80. The number of carbonyl (C=O) groups is 3. The minimum Gasteiger partial charge on any atom is -0.480 e. The van der Waals surface area contributed by atoms with Crippen LogP contribution in [0.15, 0.2) is 10.6 Å². The van der Waals surface area contributed by atoms with Crippen molar-refractivity contribution in [3.05, 3.63) is 17.5 Å². The van der Waals surface area contributed by atoms with Gasteiger partial charge in [-0.15, -0.1) is 0 Å². The topological polar surface area (TPSA) is 136 Å². The molecule has 1 atom stereocenters.